The van der Waals surface area contributed by atoms with E-state index >= 15 is 0 Å². The number of fused-ring (bicyclic) bond motifs is 6. The topological polar surface area (TPSA) is 3.24 Å². The molecule has 0 aliphatic heterocycles. The summed E-state index contributed by atoms with van der Waals surface area (Å²) in [6, 6.07) is 40.6. The fourth-order valence-corrected chi connectivity index (χ4v) is 5.70. The first-order valence-electron chi connectivity index (χ1n) is 15.5. The number of para-hydroxylation sites is 2. The summed E-state index contributed by atoms with van der Waals surface area (Å²) in [5.41, 5.74) is 8.89. The number of benzene rings is 7. The fraction of sp³-hybridized carbons (Fsp3) is 0. The van der Waals surface area contributed by atoms with E-state index in [1.807, 2.05) is 30.3 Å². The Labute approximate surface area is 235 Å². The van der Waals surface area contributed by atoms with Gasteiger partial charge in [-0.1, -0.05) is 84.8 Å². The lowest BCUT2D eigenvalue weighted by Crippen LogP contribution is -2.09. The Morgan fingerprint density at radius 1 is 0.385 bits per heavy atom. The molecule has 1 heteroatoms. The number of nitrogens with zero attached hydrogens (tertiary/aromatic N) is 1. The van der Waals surface area contributed by atoms with E-state index in [0.29, 0.717) is 5.56 Å². The van der Waals surface area contributed by atoms with Crippen LogP contribution in [0.3, 0.4) is 0 Å². The maximum atomic E-state index is 8.41. The largest absolute Gasteiger partial charge is 0.310 e. The maximum absolute atomic E-state index is 8.41. The van der Waals surface area contributed by atoms with Crippen molar-refractivity contribution in [1.29, 1.82) is 0 Å². The summed E-state index contributed by atoms with van der Waals surface area (Å²) in [7, 11) is 0. The second-order valence-corrected chi connectivity index (χ2v) is 9.90. The number of rotatable bonds is 4. The normalized spacial score (nSPS) is 13.4. The lowest BCUT2D eigenvalue weighted by Gasteiger charge is -2.28. The lowest BCUT2D eigenvalue weighted by atomic mass is 9.77. The van der Waals surface area contributed by atoms with E-state index in [2.05, 4.69) is 95.9 Å². The van der Waals surface area contributed by atoms with Crippen LogP contribution >= 0.6 is 0 Å². The Bertz CT molecular complexity index is 2210. The Morgan fingerprint density at radius 2 is 0.897 bits per heavy atom. The maximum Gasteiger partial charge on any atom is 0.0629 e. The molecule has 0 bridgehead atoms. The molecular weight excluding hydrogens is 470 g/mol. The Kier molecular flexibility index (Phi) is 3.89. The van der Waals surface area contributed by atoms with E-state index in [-0.39, 0.29) is 35.8 Å². The second kappa shape index (κ2) is 8.72. The van der Waals surface area contributed by atoms with Gasteiger partial charge in [0.15, 0.2) is 0 Å². The van der Waals surface area contributed by atoms with Crippen LogP contribution in [0.5, 0.6) is 0 Å². The molecule has 1 aliphatic carbocycles. The first-order chi connectivity index (χ1) is 21.4. The first kappa shape index (κ1) is 17.4. The van der Waals surface area contributed by atoms with Crippen LogP contribution in [0, 0.1) is 0 Å². The number of hydrogen-bond donors (Lipinski definition) is 0. The highest BCUT2D eigenvalue weighted by Gasteiger charge is 2.24. The third-order valence-electron chi connectivity index (χ3n) is 7.59. The van der Waals surface area contributed by atoms with Gasteiger partial charge in [0.1, 0.15) is 0 Å². The summed E-state index contributed by atoms with van der Waals surface area (Å²) in [4.78, 5) is 2.27. The summed E-state index contributed by atoms with van der Waals surface area (Å²) < 4.78 is 40.9. The summed E-state index contributed by atoms with van der Waals surface area (Å²) in [6.07, 6.45) is 0. The van der Waals surface area contributed by atoms with E-state index in [4.69, 9.17) is 6.85 Å². The fourth-order valence-electron chi connectivity index (χ4n) is 5.70. The molecule has 1 aliphatic rings. The average Bonchev–Trinajstić information content (AvgIpc) is 3.06. The van der Waals surface area contributed by atoms with Crippen LogP contribution in [0.4, 0.5) is 17.1 Å². The van der Waals surface area contributed by atoms with Gasteiger partial charge in [0.05, 0.1) is 6.85 Å². The SMILES string of the molecule is [2H]c1c([2H])c([2H])c(-c2ccc3cc4c(cc3c2)-c2cc3ccc(N(c5ccccc5)c5ccccc5)cc3cc2-4)c([2H])c1[2H]. The van der Waals surface area contributed by atoms with Gasteiger partial charge in [-0.3, -0.25) is 0 Å². The molecule has 0 aromatic heterocycles. The van der Waals surface area contributed by atoms with Gasteiger partial charge in [-0.2, -0.15) is 0 Å². The first-order valence-corrected chi connectivity index (χ1v) is 13.0. The quantitative estimate of drug-likeness (QED) is 0.232. The van der Waals surface area contributed by atoms with E-state index < -0.39 is 0 Å². The molecule has 0 saturated heterocycles. The lowest BCUT2D eigenvalue weighted by molar-refractivity contribution is 1.29. The molecule has 7 aromatic rings. The highest BCUT2D eigenvalue weighted by Crippen LogP contribution is 2.51. The minimum atomic E-state index is -0.380. The zero-order valence-corrected chi connectivity index (χ0v) is 21.0. The third kappa shape index (κ3) is 3.63. The van der Waals surface area contributed by atoms with Crippen molar-refractivity contribution < 1.29 is 6.85 Å². The molecule has 0 N–H and O–H groups in total. The summed E-state index contributed by atoms with van der Waals surface area (Å²) >= 11 is 0. The minimum Gasteiger partial charge on any atom is -0.310 e. The van der Waals surface area contributed by atoms with Crippen LogP contribution in [0.15, 0.2) is 152 Å². The van der Waals surface area contributed by atoms with E-state index in [1.165, 1.54) is 22.1 Å². The molecule has 0 unspecified atom stereocenters. The standard InChI is InChI=1S/C38H25N/c1-4-10-26(11-5-1)27-16-17-28-22-35-37(24-30(28)20-27)36-23-29-18-19-34(21-31(29)25-38(35)36)39(32-12-6-2-7-13-32)33-14-8-3-9-15-33/h1-25H/i1D,4D,5D,10D,11D. The van der Waals surface area contributed by atoms with Crippen LogP contribution < -0.4 is 4.90 Å². The molecule has 0 fully saturated rings. The van der Waals surface area contributed by atoms with Crippen molar-refractivity contribution in [1.82, 2.24) is 0 Å². The summed E-state index contributed by atoms with van der Waals surface area (Å²) in [5.74, 6) is 0. The predicted octanol–water partition coefficient (Wildman–Crippen LogP) is 10.8. The molecule has 0 saturated carbocycles. The molecule has 0 atom stereocenters. The average molecular weight is 501 g/mol. The van der Waals surface area contributed by atoms with Crippen molar-refractivity contribution in [3.63, 3.8) is 0 Å². The van der Waals surface area contributed by atoms with Crippen molar-refractivity contribution >= 4 is 38.6 Å². The number of anilines is 3. The monoisotopic (exact) mass is 500 g/mol. The Balaban J connectivity index is 1.21. The molecule has 182 valence electrons. The van der Waals surface area contributed by atoms with Gasteiger partial charge in [-0.15, -0.1) is 0 Å². The van der Waals surface area contributed by atoms with Crippen LogP contribution in [-0.4, -0.2) is 0 Å². The highest BCUT2D eigenvalue weighted by atomic mass is 15.1. The van der Waals surface area contributed by atoms with Crippen molar-refractivity contribution in [2.24, 2.45) is 0 Å². The molecule has 1 nitrogen and oxygen atoms in total. The molecule has 39 heavy (non-hydrogen) atoms. The van der Waals surface area contributed by atoms with Gasteiger partial charge in [-0.25, -0.2) is 0 Å². The van der Waals surface area contributed by atoms with Crippen molar-refractivity contribution in [2.75, 3.05) is 4.90 Å². The van der Waals surface area contributed by atoms with Crippen molar-refractivity contribution in [3.05, 3.63) is 152 Å². The highest BCUT2D eigenvalue weighted by molar-refractivity contribution is 6.12. The molecule has 7 aromatic carbocycles. The van der Waals surface area contributed by atoms with Gasteiger partial charge in [-0.05, 0) is 122 Å². The van der Waals surface area contributed by atoms with Crippen LogP contribution in [0.2, 0.25) is 0 Å². The third-order valence-corrected chi connectivity index (χ3v) is 7.59. The van der Waals surface area contributed by atoms with Crippen molar-refractivity contribution in [2.45, 2.75) is 0 Å². The zero-order valence-electron chi connectivity index (χ0n) is 26.0. The predicted molar refractivity (Wildman–Crippen MR) is 166 cm³/mol. The molecule has 0 amide bonds. The Morgan fingerprint density at radius 3 is 1.49 bits per heavy atom. The van der Waals surface area contributed by atoms with Crippen LogP contribution in [-0.2, 0) is 0 Å². The molecule has 0 spiro atoms. The smallest absolute Gasteiger partial charge is 0.0629 e. The van der Waals surface area contributed by atoms with Crippen LogP contribution in [0.1, 0.15) is 6.85 Å². The van der Waals surface area contributed by atoms with Crippen LogP contribution in [0.25, 0.3) is 54.9 Å². The van der Waals surface area contributed by atoms with E-state index in [9.17, 15) is 0 Å². The Hall–Kier alpha value is -5.14. The van der Waals surface area contributed by atoms with Gasteiger partial charge >= 0.3 is 0 Å². The van der Waals surface area contributed by atoms with Gasteiger partial charge in [0.2, 0.25) is 0 Å². The van der Waals surface area contributed by atoms with Gasteiger partial charge < -0.3 is 4.90 Å². The summed E-state index contributed by atoms with van der Waals surface area (Å²) in [5, 5.41) is 4.34. The number of hydrogen-bond acceptors (Lipinski definition) is 1. The van der Waals surface area contributed by atoms with Gasteiger partial charge in [0.25, 0.3) is 0 Å². The molecule has 8 rings (SSSR count). The molecule has 0 heterocycles. The van der Waals surface area contributed by atoms with E-state index in [1.54, 1.807) is 0 Å². The zero-order chi connectivity index (χ0) is 30.1. The van der Waals surface area contributed by atoms with Gasteiger partial charge in [0, 0.05) is 17.1 Å². The molecule has 0 radical (unpaired) electrons. The minimum absolute atomic E-state index is 0.187. The van der Waals surface area contributed by atoms with E-state index in [0.717, 1.165) is 38.8 Å². The van der Waals surface area contributed by atoms with Crippen molar-refractivity contribution in [3.8, 4) is 33.4 Å². The summed E-state index contributed by atoms with van der Waals surface area (Å²) in [6.45, 7) is 0. The molecular formula is C38H25N. The second-order valence-electron chi connectivity index (χ2n) is 9.90.